The second-order valence-corrected chi connectivity index (χ2v) is 6.39. The zero-order valence-electron chi connectivity index (χ0n) is 13.1. The average Bonchev–Trinajstić information content (AvgIpc) is 3.29. The first kappa shape index (κ1) is 17.5. The smallest absolute Gasteiger partial charge is 0.379 e. The number of carbonyl (C=O) groups excluding carboxylic acids is 1. The van der Waals surface area contributed by atoms with E-state index >= 15 is 0 Å². The van der Waals surface area contributed by atoms with E-state index in [9.17, 15) is 18.0 Å². The molecule has 2 fully saturated rings. The molecule has 1 saturated carbocycles. The van der Waals surface area contributed by atoms with E-state index in [4.69, 9.17) is 16.3 Å². The van der Waals surface area contributed by atoms with Crippen molar-refractivity contribution >= 4 is 17.5 Å². The SMILES string of the molecule is C[C@@H](C(=O)NN1CCOCC1)n1nc(C(F)(F)F)c(Cl)c1C1CC1. The van der Waals surface area contributed by atoms with Gasteiger partial charge in [0, 0.05) is 19.0 Å². The third kappa shape index (κ3) is 3.52. The van der Waals surface area contributed by atoms with Gasteiger partial charge in [0.1, 0.15) is 6.04 Å². The zero-order chi connectivity index (χ0) is 17.5. The minimum Gasteiger partial charge on any atom is -0.379 e. The largest absolute Gasteiger partial charge is 0.436 e. The van der Waals surface area contributed by atoms with Crippen LogP contribution in [0.3, 0.4) is 0 Å². The van der Waals surface area contributed by atoms with Gasteiger partial charge in [-0.1, -0.05) is 11.6 Å². The standard InChI is InChI=1S/C14H18ClF3N4O2/c1-8(13(23)20-21-4-6-24-7-5-21)22-11(9-2-3-9)10(15)12(19-22)14(16,17)18/h8-9H,2-7H2,1H3,(H,20,23)/t8-/m0/s1. The Bertz CT molecular complexity index is 624. The molecular formula is C14H18ClF3N4O2. The van der Waals surface area contributed by atoms with E-state index in [0.29, 0.717) is 32.0 Å². The van der Waals surface area contributed by atoms with Crippen molar-refractivity contribution in [1.82, 2.24) is 20.2 Å². The molecule has 2 aliphatic rings. The average molecular weight is 367 g/mol. The number of halogens is 4. The van der Waals surface area contributed by atoms with Gasteiger partial charge in [-0.15, -0.1) is 0 Å². The van der Waals surface area contributed by atoms with Gasteiger partial charge in [-0.3, -0.25) is 14.9 Å². The number of amides is 1. The highest BCUT2D eigenvalue weighted by atomic mass is 35.5. The lowest BCUT2D eigenvalue weighted by atomic mass is 10.2. The molecule has 0 spiro atoms. The molecule has 1 aliphatic carbocycles. The third-order valence-corrected chi connectivity index (χ3v) is 4.52. The third-order valence-electron chi connectivity index (χ3n) is 4.15. The van der Waals surface area contributed by atoms with Crippen molar-refractivity contribution in [2.75, 3.05) is 26.3 Å². The van der Waals surface area contributed by atoms with Crippen LogP contribution in [0.4, 0.5) is 13.2 Å². The normalized spacial score (nSPS) is 20.9. The topological polar surface area (TPSA) is 59.4 Å². The van der Waals surface area contributed by atoms with Crippen LogP contribution in [0.25, 0.3) is 0 Å². The predicted molar refractivity (Wildman–Crippen MR) is 79.5 cm³/mol. The highest BCUT2D eigenvalue weighted by Gasteiger charge is 2.43. The fourth-order valence-electron chi connectivity index (χ4n) is 2.66. The van der Waals surface area contributed by atoms with E-state index in [2.05, 4.69) is 10.5 Å². The van der Waals surface area contributed by atoms with Crippen LogP contribution in [-0.4, -0.2) is 47.0 Å². The van der Waals surface area contributed by atoms with Gasteiger partial charge in [0.25, 0.3) is 5.91 Å². The van der Waals surface area contributed by atoms with Gasteiger partial charge in [0.2, 0.25) is 0 Å². The molecular weight excluding hydrogens is 349 g/mol. The van der Waals surface area contributed by atoms with Crippen LogP contribution in [-0.2, 0) is 15.7 Å². The molecule has 3 rings (SSSR count). The number of hydrogen-bond acceptors (Lipinski definition) is 4. The summed E-state index contributed by atoms with van der Waals surface area (Å²) in [6.07, 6.45) is -3.15. The maximum absolute atomic E-state index is 13.1. The number of morpholine rings is 1. The maximum atomic E-state index is 13.1. The number of nitrogens with zero attached hydrogens (tertiary/aromatic N) is 3. The van der Waals surface area contributed by atoms with Crippen LogP contribution in [0.5, 0.6) is 0 Å². The predicted octanol–water partition coefficient (Wildman–Crippen LogP) is 2.36. The Morgan fingerprint density at radius 3 is 2.54 bits per heavy atom. The number of carbonyl (C=O) groups is 1. The van der Waals surface area contributed by atoms with Gasteiger partial charge in [-0.25, -0.2) is 5.01 Å². The summed E-state index contributed by atoms with van der Waals surface area (Å²) in [6.45, 7) is 3.57. The Morgan fingerprint density at radius 1 is 1.38 bits per heavy atom. The van der Waals surface area contributed by atoms with Crippen molar-refractivity contribution < 1.29 is 22.7 Å². The molecule has 2 heterocycles. The lowest BCUT2D eigenvalue weighted by Gasteiger charge is -2.28. The summed E-state index contributed by atoms with van der Waals surface area (Å²) in [4.78, 5) is 12.4. The second kappa shape index (κ2) is 6.53. The number of nitrogens with one attached hydrogen (secondary N) is 1. The molecule has 0 radical (unpaired) electrons. The summed E-state index contributed by atoms with van der Waals surface area (Å²) < 4.78 is 45.6. The minimum atomic E-state index is -4.65. The van der Waals surface area contributed by atoms with Crippen LogP contribution in [0.1, 0.15) is 43.1 Å². The maximum Gasteiger partial charge on any atom is 0.436 e. The Kier molecular flexibility index (Phi) is 4.76. The summed E-state index contributed by atoms with van der Waals surface area (Å²) in [5, 5.41) is 4.91. The molecule has 0 unspecified atom stereocenters. The Morgan fingerprint density at radius 2 is 2.00 bits per heavy atom. The fraction of sp³-hybridized carbons (Fsp3) is 0.714. The molecule has 24 heavy (non-hydrogen) atoms. The molecule has 0 aromatic carbocycles. The van der Waals surface area contributed by atoms with Crippen LogP contribution in [0.2, 0.25) is 5.02 Å². The van der Waals surface area contributed by atoms with Crippen LogP contribution >= 0.6 is 11.6 Å². The molecule has 1 saturated heterocycles. The zero-order valence-corrected chi connectivity index (χ0v) is 13.8. The first-order chi connectivity index (χ1) is 11.3. The highest BCUT2D eigenvalue weighted by molar-refractivity contribution is 6.32. The molecule has 1 N–H and O–H groups in total. The summed E-state index contributed by atoms with van der Waals surface area (Å²) in [5.41, 5.74) is 1.87. The van der Waals surface area contributed by atoms with E-state index in [0.717, 1.165) is 17.5 Å². The first-order valence-electron chi connectivity index (χ1n) is 7.77. The molecule has 10 heteroatoms. The number of hydrogen-bond donors (Lipinski definition) is 1. The van der Waals surface area contributed by atoms with E-state index < -0.39 is 28.8 Å². The van der Waals surface area contributed by atoms with E-state index in [1.165, 1.54) is 6.92 Å². The quantitative estimate of drug-likeness (QED) is 0.888. The van der Waals surface area contributed by atoms with Gasteiger partial charge in [-0.05, 0) is 19.8 Å². The minimum absolute atomic E-state index is 0.0697. The van der Waals surface area contributed by atoms with Crippen LogP contribution < -0.4 is 5.43 Å². The fourth-order valence-corrected chi connectivity index (χ4v) is 3.05. The highest BCUT2D eigenvalue weighted by Crippen LogP contribution is 2.47. The first-order valence-corrected chi connectivity index (χ1v) is 8.15. The lowest BCUT2D eigenvalue weighted by Crippen LogP contribution is -2.50. The van der Waals surface area contributed by atoms with Gasteiger partial charge in [-0.2, -0.15) is 18.3 Å². The van der Waals surface area contributed by atoms with Crippen molar-refractivity contribution in [2.24, 2.45) is 0 Å². The van der Waals surface area contributed by atoms with Crippen LogP contribution in [0, 0.1) is 0 Å². The molecule has 134 valence electrons. The number of rotatable bonds is 4. The number of aromatic nitrogens is 2. The van der Waals surface area contributed by atoms with Gasteiger partial charge in [0.15, 0.2) is 5.69 Å². The van der Waals surface area contributed by atoms with Gasteiger partial charge < -0.3 is 4.74 Å². The molecule has 6 nitrogen and oxygen atoms in total. The molecule has 1 amide bonds. The number of ether oxygens (including phenoxy) is 1. The van der Waals surface area contributed by atoms with Gasteiger partial charge >= 0.3 is 6.18 Å². The van der Waals surface area contributed by atoms with Crippen molar-refractivity contribution in [2.45, 2.75) is 37.9 Å². The molecule has 1 aromatic heterocycles. The van der Waals surface area contributed by atoms with E-state index in [1.807, 2.05) is 0 Å². The summed E-state index contributed by atoms with van der Waals surface area (Å²) in [5.74, 6) is -0.494. The van der Waals surface area contributed by atoms with Crippen LogP contribution in [0.15, 0.2) is 0 Å². The second-order valence-electron chi connectivity index (χ2n) is 6.02. The van der Waals surface area contributed by atoms with Crippen molar-refractivity contribution in [3.8, 4) is 0 Å². The molecule has 1 atom stereocenters. The summed E-state index contributed by atoms with van der Waals surface area (Å²) in [6, 6.07) is -0.892. The van der Waals surface area contributed by atoms with Crippen molar-refractivity contribution in [3.05, 3.63) is 16.4 Å². The van der Waals surface area contributed by atoms with E-state index in [1.54, 1.807) is 5.01 Å². The summed E-state index contributed by atoms with van der Waals surface area (Å²) >= 11 is 5.93. The van der Waals surface area contributed by atoms with Gasteiger partial charge in [0.05, 0.1) is 23.9 Å². The number of alkyl halides is 3. The van der Waals surface area contributed by atoms with Crippen molar-refractivity contribution in [3.63, 3.8) is 0 Å². The lowest BCUT2D eigenvalue weighted by molar-refractivity contribution is -0.142. The van der Waals surface area contributed by atoms with Crippen molar-refractivity contribution in [1.29, 1.82) is 0 Å². The number of hydrazine groups is 1. The van der Waals surface area contributed by atoms with E-state index in [-0.39, 0.29) is 5.92 Å². The Labute approximate surface area is 141 Å². The Hall–Kier alpha value is -1.32. The Balaban J connectivity index is 1.83. The molecule has 1 aromatic rings. The summed E-state index contributed by atoms with van der Waals surface area (Å²) in [7, 11) is 0. The molecule has 1 aliphatic heterocycles. The molecule has 0 bridgehead atoms. The monoisotopic (exact) mass is 366 g/mol.